The maximum Gasteiger partial charge on any atom is 0.117 e. The molecule has 4 atom stereocenters. The van der Waals surface area contributed by atoms with E-state index in [0.717, 1.165) is 12.8 Å². The Balaban J connectivity index is 1.89. The molecular formula is C19H24NO+. The van der Waals surface area contributed by atoms with Gasteiger partial charge in [0.05, 0.1) is 6.10 Å². The van der Waals surface area contributed by atoms with Gasteiger partial charge in [0.1, 0.15) is 12.1 Å². The van der Waals surface area contributed by atoms with Crippen molar-refractivity contribution in [2.75, 3.05) is 0 Å². The molecule has 21 heavy (non-hydrogen) atoms. The summed E-state index contributed by atoms with van der Waals surface area (Å²) in [6.45, 7) is 2.18. The highest BCUT2D eigenvalue weighted by molar-refractivity contribution is 5.21. The Bertz CT molecular complexity index is 554. The van der Waals surface area contributed by atoms with E-state index in [1.165, 1.54) is 11.1 Å². The zero-order valence-electron chi connectivity index (χ0n) is 12.5. The first-order chi connectivity index (χ1) is 10.3. The minimum Gasteiger partial charge on any atom is -0.392 e. The summed E-state index contributed by atoms with van der Waals surface area (Å²) in [7, 11) is 0. The van der Waals surface area contributed by atoms with E-state index < -0.39 is 0 Å². The van der Waals surface area contributed by atoms with E-state index >= 15 is 0 Å². The zero-order valence-corrected chi connectivity index (χ0v) is 12.5. The van der Waals surface area contributed by atoms with E-state index in [1.807, 2.05) is 6.07 Å². The smallest absolute Gasteiger partial charge is 0.117 e. The molecule has 2 aromatic carbocycles. The summed E-state index contributed by atoms with van der Waals surface area (Å²) in [6.07, 6.45) is 1.63. The molecule has 0 amide bonds. The molecule has 0 aromatic heterocycles. The fraction of sp³-hybridized carbons (Fsp3) is 0.368. The molecule has 3 N–H and O–H groups in total. The van der Waals surface area contributed by atoms with Crippen LogP contribution in [0.2, 0.25) is 0 Å². The lowest BCUT2D eigenvalue weighted by Gasteiger charge is -2.38. The molecule has 0 radical (unpaired) electrons. The molecule has 3 rings (SSSR count). The summed E-state index contributed by atoms with van der Waals surface area (Å²) >= 11 is 0. The number of benzene rings is 2. The van der Waals surface area contributed by atoms with Crippen LogP contribution in [-0.4, -0.2) is 11.2 Å². The zero-order chi connectivity index (χ0) is 14.7. The molecule has 1 saturated heterocycles. The molecular weight excluding hydrogens is 258 g/mol. The topological polar surface area (TPSA) is 36.8 Å². The van der Waals surface area contributed by atoms with Crippen LogP contribution in [0.5, 0.6) is 0 Å². The Labute approximate surface area is 126 Å². The summed E-state index contributed by atoms with van der Waals surface area (Å²) in [5.41, 5.74) is 2.64. The van der Waals surface area contributed by atoms with Crippen LogP contribution in [0, 0.1) is 5.92 Å². The van der Waals surface area contributed by atoms with E-state index in [0.29, 0.717) is 18.0 Å². The lowest BCUT2D eigenvalue weighted by atomic mass is 9.78. The normalized spacial score (nSPS) is 29.2. The second-order valence-corrected chi connectivity index (χ2v) is 6.02. The number of aliphatic hydroxyl groups excluding tert-OH is 1. The third-order valence-corrected chi connectivity index (χ3v) is 4.77. The predicted octanol–water partition coefficient (Wildman–Crippen LogP) is 2.82. The van der Waals surface area contributed by atoms with Crippen LogP contribution in [0.15, 0.2) is 60.7 Å². The van der Waals surface area contributed by atoms with E-state index in [1.54, 1.807) is 0 Å². The first-order valence-electron chi connectivity index (χ1n) is 7.92. The highest BCUT2D eigenvalue weighted by atomic mass is 16.3. The van der Waals surface area contributed by atoms with Gasteiger partial charge in [-0.05, 0) is 6.42 Å². The maximum atomic E-state index is 10.6. The van der Waals surface area contributed by atoms with Gasteiger partial charge in [0.2, 0.25) is 0 Å². The molecule has 2 aromatic rings. The van der Waals surface area contributed by atoms with Gasteiger partial charge in [0, 0.05) is 23.5 Å². The quantitative estimate of drug-likeness (QED) is 0.892. The summed E-state index contributed by atoms with van der Waals surface area (Å²) < 4.78 is 0. The van der Waals surface area contributed by atoms with Crippen LogP contribution >= 0.6 is 0 Å². The summed E-state index contributed by atoms with van der Waals surface area (Å²) in [4.78, 5) is 0. The number of quaternary nitrogens is 1. The number of piperidine rings is 1. The Morgan fingerprint density at radius 3 is 2.10 bits per heavy atom. The van der Waals surface area contributed by atoms with Gasteiger partial charge in [-0.3, -0.25) is 0 Å². The number of rotatable bonds is 3. The summed E-state index contributed by atoms with van der Waals surface area (Å²) in [5.74, 6) is 0.326. The highest BCUT2D eigenvalue weighted by Gasteiger charge is 2.40. The standard InChI is InChI=1S/C19H23NO/c1-2-16-18(21)13-17(14-9-5-3-6-10-14)20-19(16)15-11-7-4-8-12-15/h3-12,16-21H,2,13H2,1H3/p+1/t16-,17-,18-,19-/m1/s1. The van der Waals surface area contributed by atoms with Gasteiger partial charge in [0.25, 0.3) is 0 Å². The van der Waals surface area contributed by atoms with Crippen molar-refractivity contribution in [3.63, 3.8) is 0 Å². The van der Waals surface area contributed by atoms with Crippen LogP contribution in [-0.2, 0) is 0 Å². The average molecular weight is 282 g/mol. The first-order valence-corrected chi connectivity index (χ1v) is 7.92. The lowest BCUT2D eigenvalue weighted by Crippen LogP contribution is -2.90. The molecule has 1 aliphatic rings. The summed E-state index contributed by atoms with van der Waals surface area (Å²) in [6, 6.07) is 21.8. The molecule has 0 saturated carbocycles. The van der Waals surface area contributed by atoms with Gasteiger partial charge in [-0.25, -0.2) is 0 Å². The van der Waals surface area contributed by atoms with Crippen molar-refractivity contribution in [2.45, 2.75) is 38.0 Å². The predicted molar refractivity (Wildman–Crippen MR) is 84.7 cm³/mol. The molecule has 110 valence electrons. The van der Waals surface area contributed by atoms with E-state index in [4.69, 9.17) is 0 Å². The van der Waals surface area contributed by atoms with Crippen molar-refractivity contribution < 1.29 is 10.4 Å². The third kappa shape index (κ3) is 3.02. The van der Waals surface area contributed by atoms with Crippen LogP contribution in [0.4, 0.5) is 0 Å². The number of aliphatic hydroxyl groups is 1. The van der Waals surface area contributed by atoms with Crippen LogP contribution in [0.1, 0.15) is 43.0 Å². The molecule has 0 bridgehead atoms. The number of hydrogen-bond acceptors (Lipinski definition) is 1. The Kier molecular flexibility index (Phi) is 4.37. The fourth-order valence-corrected chi connectivity index (χ4v) is 3.65. The molecule has 1 aliphatic heterocycles. The highest BCUT2D eigenvalue weighted by Crippen LogP contribution is 2.33. The SMILES string of the molecule is CC[C@@H]1[C@H](O)C[C@H](c2ccccc2)[NH2+][C@@H]1c1ccccc1. The van der Waals surface area contributed by atoms with E-state index in [-0.39, 0.29) is 6.10 Å². The fourth-order valence-electron chi connectivity index (χ4n) is 3.65. The van der Waals surface area contributed by atoms with Gasteiger partial charge in [-0.2, -0.15) is 0 Å². The van der Waals surface area contributed by atoms with Gasteiger partial charge < -0.3 is 10.4 Å². The van der Waals surface area contributed by atoms with Crippen molar-refractivity contribution in [1.82, 2.24) is 0 Å². The molecule has 2 heteroatoms. The van der Waals surface area contributed by atoms with Gasteiger partial charge in [-0.15, -0.1) is 0 Å². The number of nitrogens with two attached hydrogens (primary N) is 1. The largest absolute Gasteiger partial charge is 0.392 e. The van der Waals surface area contributed by atoms with E-state index in [2.05, 4.69) is 66.8 Å². The van der Waals surface area contributed by atoms with Crippen LogP contribution < -0.4 is 5.32 Å². The molecule has 2 nitrogen and oxygen atoms in total. The monoisotopic (exact) mass is 282 g/mol. The van der Waals surface area contributed by atoms with Crippen molar-refractivity contribution in [1.29, 1.82) is 0 Å². The Morgan fingerprint density at radius 1 is 0.952 bits per heavy atom. The van der Waals surface area contributed by atoms with Crippen molar-refractivity contribution in [2.24, 2.45) is 5.92 Å². The van der Waals surface area contributed by atoms with Crippen molar-refractivity contribution in [3.05, 3.63) is 71.8 Å². The van der Waals surface area contributed by atoms with E-state index in [9.17, 15) is 5.11 Å². The van der Waals surface area contributed by atoms with Gasteiger partial charge >= 0.3 is 0 Å². The minimum atomic E-state index is -0.226. The average Bonchev–Trinajstić information content (AvgIpc) is 2.55. The lowest BCUT2D eigenvalue weighted by molar-refractivity contribution is -0.753. The second kappa shape index (κ2) is 6.42. The first kappa shape index (κ1) is 14.3. The van der Waals surface area contributed by atoms with Gasteiger partial charge in [-0.1, -0.05) is 67.6 Å². The van der Waals surface area contributed by atoms with Crippen molar-refractivity contribution >= 4 is 0 Å². The minimum absolute atomic E-state index is 0.226. The van der Waals surface area contributed by atoms with Crippen molar-refractivity contribution in [3.8, 4) is 0 Å². The molecule has 0 unspecified atom stereocenters. The van der Waals surface area contributed by atoms with Crippen LogP contribution in [0.3, 0.4) is 0 Å². The molecule has 1 fully saturated rings. The Hall–Kier alpha value is -1.64. The maximum absolute atomic E-state index is 10.6. The van der Waals surface area contributed by atoms with Gasteiger partial charge in [0.15, 0.2) is 0 Å². The van der Waals surface area contributed by atoms with Crippen LogP contribution in [0.25, 0.3) is 0 Å². The molecule has 1 heterocycles. The summed E-state index contributed by atoms with van der Waals surface area (Å²) in [5, 5.41) is 13.1. The number of hydrogen-bond donors (Lipinski definition) is 2. The molecule has 0 spiro atoms. The Morgan fingerprint density at radius 2 is 1.52 bits per heavy atom. The molecule has 0 aliphatic carbocycles. The second-order valence-electron chi connectivity index (χ2n) is 6.02. The third-order valence-electron chi connectivity index (χ3n) is 4.77.